The number of carbonyl (C=O) groups excluding carboxylic acids is 2. The summed E-state index contributed by atoms with van der Waals surface area (Å²) in [6.45, 7) is 2.15. The third-order valence-corrected chi connectivity index (χ3v) is 5.12. The van der Waals surface area contributed by atoms with Crippen LogP contribution in [0.4, 0.5) is 11.4 Å². The van der Waals surface area contributed by atoms with Gasteiger partial charge in [0.2, 0.25) is 30.3 Å². The van der Waals surface area contributed by atoms with Crippen LogP contribution in [0.25, 0.3) is 11.4 Å². The van der Waals surface area contributed by atoms with Gasteiger partial charge in [-0.3, -0.25) is 9.59 Å². The molecule has 5 rings (SSSR count). The molecule has 0 aliphatic carbocycles. The number of aromatic nitrogens is 2. The number of benzene rings is 2. The van der Waals surface area contributed by atoms with Gasteiger partial charge in [-0.1, -0.05) is 17.3 Å². The van der Waals surface area contributed by atoms with E-state index in [1.807, 2.05) is 12.1 Å². The first kappa shape index (κ1) is 18.2. The Morgan fingerprint density at radius 3 is 2.83 bits per heavy atom. The standard InChI is InChI=1S/C21H18N4O5/c1-12-22-20(24-30-12)15-4-2-3-5-16(15)23-21(27)13-8-19(26)25(10-13)14-6-7-17-18(9-14)29-11-28-17/h2-7,9,13H,8,10-11H2,1H3,(H,23,27). The van der Waals surface area contributed by atoms with Gasteiger partial charge in [0.05, 0.1) is 11.6 Å². The van der Waals surface area contributed by atoms with E-state index in [0.29, 0.717) is 40.2 Å². The van der Waals surface area contributed by atoms with Gasteiger partial charge in [-0.05, 0) is 24.3 Å². The number of hydrogen-bond donors (Lipinski definition) is 1. The van der Waals surface area contributed by atoms with Crippen molar-refractivity contribution in [2.24, 2.45) is 5.92 Å². The second-order valence-electron chi connectivity index (χ2n) is 7.11. The average molecular weight is 406 g/mol. The predicted octanol–water partition coefficient (Wildman–Crippen LogP) is 2.77. The SMILES string of the molecule is Cc1nc(-c2ccccc2NC(=O)C2CC(=O)N(c3ccc4c(c3)OCO4)C2)no1. The molecular weight excluding hydrogens is 388 g/mol. The Morgan fingerprint density at radius 2 is 2.00 bits per heavy atom. The molecule has 1 N–H and O–H groups in total. The summed E-state index contributed by atoms with van der Waals surface area (Å²) in [5.41, 5.74) is 1.90. The number of aryl methyl sites for hydroxylation is 1. The molecule has 3 heterocycles. The van der Waals surface area contributed by atoms with Gasteiger partial charge in [-0.15, -0.1) is 0 Å². The zero-order chi connectivity index (χ0) is 20.7. The maximum atomic E-state index is 12.9. The minimum Gasteiger partial charge on any atom is -0.454 e. The van der Waals surface area contributed by atoms with Crippen LogP contribution >= 0.6 is 0 Å². The third-order valence-electron chi connectivity index (χ3n) is 5.12. The fourth-order valence-corrected chi connectivity index (χ4v) is 3.62. The maximum absolute atomic E-state index is 12.9. The first-order valence-corrected chi connectivity index (χ1v) is 9.49. The minimum absolute atomic E-state index is 0.115. The van der Waals surface area contributed by atoms with Crippen molar-refractivity contribution in [3.05, 3.63) is 48.4 Å². The number of carbonyl (C=O) groups is 2. The summed E-state index contributed by atoms with van der Waals surface area (Å²) >= 11 is 0. The van der Waals surface area contributed by atoms with Crippen LogP contribution in [0.5, 0.6) is 11.5 Å². The minimum atomic E-state index is -0.483. The molecule has 9 heteroatoms. The van der Waals surface area contributed by atoms with Crippen molar-refractivity contribution in [1.82, 2.24) is 10.1 Å². The molecule has 2 aromatic carbocycles. The van der Waals surface area contributed by atoms with Crippen LogP contribution < -0.4 is 19.7 Å². The second-order valence-corrected chi connectivity index (χ2v) is 7.11. The molecular formula is C21H18N4O5. The number of rotatable bonds is 4. The van der Waals surface area contributed by atoms with Gasteiger partial charge in [0.1, 0.15) is 0 Å². The quantitative estimate of drug-likeness (QED) is 0.710. The van der Waals surface area contributed by atoms with Gasteiger partial charge in [0.15, 0.2) is 11.5 Å². The van der Waals surface area contributed by atoms with Crippen LogP contribution in [0.1, 0.15) is 12.3 Å². The lowest BCUT2D eigenvalue weighted by molar-refractivity contribution is -0.122. The molecule has 152 valence electrons. The molecule has 9 nitrogen and oxygen atoms in total. The van der Waals surface area contributed by atoms with Crippen molar-refractivity contribution in [1.29, 1.82) is 0 Å². The molecule has 2 aliphatic heterocycles. The smallest absolute Gasteiger partial charge is 0.231 e. The van der Waals surface area contributed by atoms with Crippen LogP contribution in [0, 0.1) is 12.8 Å². The van der Waals surface area contributed by atoms with Gasteiger partial charge in [0, 0.05) is 37.2 Å². The van der Waals surface area contributed by atoms with Crippen LogP contribution in [0.2, 0.25) is 0 Å². The number of hydrogen-bond acceptors (Lipinski definition) is 7. The highest BCUT2D eigenvalue weighted by Gasteiger charge is 2.36. The molecule has 1 fully saturated rings. The van der Waals surface area contributed by atoms with Gasteiger partial charge in [-0.2, -0.15) is 4.98 Å². The molecule has 0 spiro atoms. The van der Waals surface area contributed by atoms with E-state index in [1.54, 1.807) is 42.2 Å². The lowest BCUT2D eigenvalue weighted by Crippen LogP contribution is -2.28. The number of anilines is 2. The van der Waals surface area contributed by atoms with Crippen LogP contribution in [-0.4, -0.2) is 35.3 Å². The molecule has 2 aliphatic rings. The van der Waals surface area contributed by atoms with Gasteiger partial charge < -0.3 is 24.2 Å². The van der Waals surface area contributed by atoms with Crippen molar-refractivity contribution >= 4 is 23.2 Å². The van der Waals surface area contributed by atoms with Gasteiger partial charge in [-0.25, -0.2) is 0 Å². The van der Waals surface area contributed by atoms with E-state index in [0.717, 1.165) is 0 Å². The summed E-state index contributed by atoms with van der Waals surface area (Å²) in [5, 5.41) is 6.83. The normalized spacial score (nSPS) is 17.4. The summed E-state index contributed by atoms with van der Waals surface area (Å²) in [6, 6.07) is 12.5. The molecule has 2 amide bonds. The molecule has 0 saturated carbocycles. The summed E-state index contributed by atoms with van der Waals surface area (Å²) < 4.78 is 15.7. The molecule has 1 aromatic heterocycles. The van der Waals surface area contributed by atoms with Crippen molar-refractivity contribution in [2.75, 3.05) is 23.6 Å². The van der Waals surface area contributed by atoms with E-state index < -0.39 is 5.92 Å². The Labute approximate surface area is 171 Å². The van der Waals surface area contributed by atoms with Crippen molar-refractivity contribution in [3.63, 3.8) is 0 Å². The van der Waals surface area contributed by atoms with Crippen molar-refractivity contribution < 1.29 is 23.6 Å². The summed E-state index contributed by atoms with van der Waals surface area (Å²) in [7, 11) is 0. The Bertz CT molecular complexity index is 1140. The number of nitrogens with zero attached hydrogens (tertiary/aromatic N) is 3. The lowest BCUT2D eigenvalue weighted by atomic mass is 10.1. The predicted molar refractivity (Wildman–Crippen MR) is 106 cm³/mol. The third kappa shape index (κ3) is 3.24. The molecule has 0 radical (unpaired) electrons. The number of para-hydroxylation sites is 1. The number of nitrogens with one attached hydrogen (secondary N) is 1. The monoisotopic (exact) mass is 406 g/mol. The van der Waals surface area contributed by atoms with Gasteiger partial charge in [0.25, 0.3) is 0 Å². The highest BCUT2D eigenvalue weighted by Crippen LogP contribution is 2.37. The summed E-state index contributed by atoms with van der Waals surface area (Å²) in [6.07, 6.45) is 0.129. The van der Waals surface area contributed by atoms with E-state index in [4.69, 9.17) is 14.0 Å². The van der Waals surface area contributed by atoms with E-state index in [-0.39, 0.29) is 31.6 Å². The Morgan fingerprint density at radius 1 is 1.17 bits per heavy atom. The highest BCUT2D eigenvalue weighted by molar-refractivity contribution is 6.04. The maximum Gasteiger partial charge on any atom is 0.231 e. The molecule has 30 heavy (non-hydrogen) atoms. The largest absolute Gasteiger partial charge is 0.454 e. The Kier molecular flexibility index (Phi) is 4.35. The van der Waals surface area contributed by atoms with E-state index in [1.165, 1.54) is 0 Å². The zero-order valence-corrected chi connectivity index (χ0v) is 16.1. The van der Waals surface area contributed by atoms with Crippen LogP contribution in [0.3, 0.4) is 0 Å². The zero-order valence-electron chi connectivity index (χ0n) is 16.1. The Hall–Kier alpha value is -3.88. The molecule has 1 atom stereocenters. The Balaban J connectivity index is 1.33. The highest BCUT2D eigenvalue weighted by atomic mass is 16.7. The van der Waals surface area contributed by atoms with Crippen molar-refractivity contribution in [3.8, 4) is 22.9 Å². The molecule has 1 saturated heterocycles. The number of ether oxygens (including phenoxy) is 2. The first-order valence-electron chi connectivity index (χ1n) is 9.49. The fraction of sp³-hybridized carbons (Fsp3) is 0.238. The van der Waals surface area contributed by atoms with Crippen LogP contribution in [0.15, 0.2) is 47.0 Å². The topological polar surface area (TPSA) is 107 Å². The van der Waals surface area contributed by atoms with Gasteiger partial charge >= 0.3 is 0 Å². The second kappa shape index (κ2) is 7.18. The lowest BCUT2D eigenvalue weighted by Gasteiger charge is -2.17. The van der Waals surface area contributed by atoms with Crippen molar-refractivity contribution in [2.45, 2.75) is 13.3 Å². The number of amides is 2. The number of fused-ring (bicyclic) bond motifs is 1. The average Bonchev–Trinajstić information content (AvgIpc) is 3.47. The summed E-state index contributed by atoms with van der Waals surface area (Å²) in [4.78, 5) is 31.3. The fourth-order valence-electron chi connectivity index (χ4n) is 3.62. The first-order chi connectivity index (χ1) is 14.6. The van der Waals surface area contributed by atoms with E-state index >= 15 is 0 Å². The molecule has 0 bridgehead atoms. The van der Waals surface area contributed by atoms with E-state index in [2.05, 4.69) is 15.5 Å². The van der Waals surface area contributed by atoms with Crippen LogP contribution in [-0.2, 0) is 9.59 Å². The van der Waals surface area contributed by atoms with E-state index in [9.17, 15) is 9.59 Å². The molecule has 3 aromatic rings. The molecule has 1 unspecified atom stereocenters. The summed E-state index contributed by atoms with van der Waals surface area (Å²) in [5.74, 6) is 1.24.